The number of carbonyl (C=O) groups is 1. The van der Waals surface area contributed by atoms with Gasteiger partial charge in [-0.05, 0) is 12.5 Å². The highest BCUT2D eigenvalue weighted by Crippen LogP contribution is 2.44. The van der Waals surface area contributed by atoms with E-state index in [1.807, 2.05) is 6.07 Å². The second-order valence-corrected chi connectivity index (χ2v) is 4.97. The molecule has 0 saturated heterocycles. The highest BCUT2D eigenvalue weighted by Gasteiger charge is 2.40. The molecule has 112 valence electrons. The van der Waals surface area contributed by atoms with Crippen molar-refractivity contribution in [3.05, 3.63) is 50.8 Å². The SMILES string of the molecule is N#CC1=C(N)OC2=C(C(=O)CCC2)[C@H]1c1ccc([N+](=O)[O-])o1. The molecule has 0 saturated carbocycles. The normalized spacial score (nSPS) is 21.2. The van der Waals surface area contributed by atoms with Crippen molar-refractivity contribution >= 4 is 11.7 Å². The predicted octanol–water partition coefficient (Wildman–Crippen LogP) is 2.00. The zero-order valence-electron chi connectivity index (χ0n) is 11.4. The predicted molar refractivity (Wildman–Crippen MR) is 71.9 cm³/mol. The first-order chi connectivity index (χ1) is 10.5. The molecule has 8 nitrogen and oxygen atoms in total. The fourth-order valence-corrected chi connectivity index (χ4v) is 2.74. The van der Waals surface area contributed by atoms with Gasteiger partial charge in [0.2, 0.25) is 5.88 Å². The number of rotatable bonds is 2. The lowest BCUT2D eigenvalue weighted by Gasteiger charge is -2.29. The Morgan fingerprint density at radius 2 is 2.18 bits per heavy atom. The Labute approximate surface area is 124 Å². The lowest BCUT2D eigenvalue weighted by atomic mass is 9.80. The highest BCUT2D eigenvalue weighted by atomic mass is 16.6. The van der Waals surface area contributed by atoms with Crippen molar-refractivity contribution in [2.24, 2.45) is 5.73 Å². The van der Waals surface area contributed by atoms with Crippen LogP contribution in [-0.4, -0.2) is 10.7 Å². The molecule has 8 heteroatoms. The molecule has 0 fully saturated rings. The van der Waals surface area contributed by atoms with E-state index in [2.05, 4.69) is 0 Å². The summed E-state index contributed by atoms with van der Waals surface area (Å²) in [7, 11) is 0. The summed E-state index contributed by atoms with van der Waals surface area (Å²) >= 11 is 0. The van der Waals surface area contributed by atoms with E-state index in [9.17, 15) is 20.2 Å². The van der Waals surface area contributed by atoms with Crippen LogP contribution in [0.4, 0.5) is 5.88 Å². The lowest BCUT2D eigenvalue weighted by molar-refractivity contribution is -0.402. The first-order valence-corrected chi connectivity index (χ1v) is 6.61. The molecule has 1 aliphatic carbocycles. The summed E-state index contributed by atoms with van der Waals surface area (Å²) in [5, 5.41) is 20.1. The number of allylic oxidation sites excluding steroid dienone is 3. The number of carbonyl (C=O) groups excluding carboxylic acids is 1. The smallest absolute Gasteiger partial charge is 0.433 e. The van der Waals surface area contributed by atoms with Crippen LogP contribution < -0.4 is 5.73 Å². The second kappa shape index (κ2) is 5.04. The zero-order valence-corrected chi connectivity index (χ0v) is 11.4. The molecule has 0 radical (unpaired) electrons. The zero-order chi connectivity index (χ0) is 15.9. The average molecular weight is 301 g/mol. The Morgan fingerprint density at radius 1 is 1.41 bits per heavy atom. The number of ketones is 1. The van der Waals surface area contributed by atoms with E-state index in [1.54, 1.807) is 0 Å². The van der Waals surface area contributed by atoms with Crippen LogP contribution in [0.1, 0.15) is 30.9 Å². The van der Waals surface area contributed by atoms with E-state index >= 15 is 0 Å². The molecule has 1 aliphatic heterocycles. The maximum Gasteiger partial charge on any atom is 0.433 e. The minimum Gasteiger partial charge on any atom is -0.444 e. The van der Waals surface area contributed by atoms with Crippen LogP contribution in [-0.2, 0) is 9.53 Å². The fourth-order valence-electron chi connectivity index (χ4n) is 2.74. The average Bonchev–Trinajstić information content (AvgIpc) is 2.95. The van der Waals surface area contributed by atoms with Gasteiger partial charge in [0.15, 0.2) is 5.78 Å². The highest BCUT2D eigenvalue weighted by molar-refractivity contribution is 5.99. The van der Waals surface area contributed by atoms with Gasteiger partial charge in [0.1, 0.15) is 28.1 Å². The minimum atomic E-state index is -0.852. The van der Waals surface area contributed by atoms with E-state index in [0.717, 1.165) is 0 Å². The summed E-state index contributed by atoms with van der Waals surface area (Å²) in [6, 6.07) is 4.47. The van der Waals surface area contributed by atoms with E-state index in [4.69, 9.17) is 14.9 Å². The molecular weight excluding hydrogens is 290 g/mol. The van der Waals surface area contributed by atoms with Crippen molar-refractivity contribution in [1.82, 2.24) is 0 Å². The van der Waals surface area contributed by atoms with E-state index < -0.39 is 16.7 Å². The lowest BCUT2D eigenvalue weighted by Crippen LogP contribution is -2.27. The molecule has 0 bridgehead atoms. The first kappa shape index (κ1) is 13.9. The molecule has 1 aromatic heterocycles. The molecule has 0 aromatic carbocycles. The number of nitrogens with two attached hydrogens (primary N) is 1. The van der Waals surface area contributed by atoms with Gasteiger partial charge in [0.05, 0.1) is 12.0 Å². The molecule has 2 N–H and O–H groups in total. The molecule has 2 aliphatic rings. The number of nitriles is 1. The number of hydrogen-bond donors (Lipinski definition) is 1. The van der Waals surface area contributed by atoms with Gasteiger partial charge in [-0.2, -0.15) is 5.26 Å². The number of furan rings is 1. The van der Waals surface area contributed by atoms with E-state index in [-0.39, 0.29) is 23.0 Å². The van der Waals surface area contributed by atoms with Gasteiger partial charge in [0.25, 0.3) is 0 Å². The molecule has 1 aromatic rings. The monoisotopic (exact) mass is 301 g/mol. The molecule has 0 unspecified atom stereocenters. The van der Waals surface area contributed by atoms with Crippen LogP contribution in [0.2, 0.25) is 0 Å². The Morgan fingerprint density at radius 3 is 2.82 bits per heavy atom. The van der Waals surface area contributed by atoms with Gasteiger partial charge in [-0.3, -0.25) is 14.9 Å². The Hall–Kier alpha value is -3.08. The van der Waals surface area contributed by atoms with Crippen LogP contribution in [0, 0.1) is 21.4 Å². The maximum absolute atomic E-state index is 12.2. The standard InChI is InChI=1S/C14H11N3O5/c15-6-7-12(10-4-5-11(21-10)17(19)20)13-8(18)2-1-3-9(13)22-14(7)16/h4-5,12H,1-3,16H2/t12-/m1/s1. The third kappa shape index (κ3) is 2.03. The third-order valence-electron chi connectivity index (χ3n) is 3.68. The minimum absolute atomic E-state index is 0.0262. The molecule has 2 heterocycles. The molecule has 3 rings (SSSR count). The Balaban J connectivity index is 2.15. The summed E-state index contributed by atoms with van der Waals surface area (Å²) in [4.78, 5) is 22.3. The largest absolute Gasteiger partial charge is 0.444 e. The van der Waals surface area contributed by atoms with Gasteiger partial charge in [-0.15, -0.1) is 0 Å². The Bertz CT molecular complexity index is 781. The number of nitro groups is 1. The topological polar surface area (TPSA) is 132 Å². The first-order valence-electron chi connectivity index (χ1n) is 6.61. The van der Waals surface area contributed by atoms with Crippen LogP contribution in [0.5, 0.6) is 0 Å². The third-order valence-corrected chi connectivity index (χ3v) is 3.68. The number of nitrogens with zero attached hydrogens (tertiary/aromatic N) is 2. The van der Waals surface area contributed by atoms with Crippen molar-refractivity contribution in [3.8, 4) is 6.07 Å². The van der Waals surface area contributed by atoms with Gasteiger partial charge >= 0.3 is 5.88 Å². The van der Waals surface area contributed by atoms with Crippen molar-refractivity contribution < 1.29 is 18.9 Å². The van der Waals surface area contributed by atoms with Crippen molar-refractivity contribution in [3.63, 3.8) is 0 Å². The summed E-state index contributed by atoms with van der Waals surface area (Å²) in [6.45, 7) is 0. The number of hydrogen-bond acceptors (Lipinski definition) is 7. The van der Waals surface area contributed by atoms with Crippen LogP contribution in [0.3, 0.4) is 0 Å². The van der Waals surface area contributed by atoms with Gasteiger partial charge in [-0.25, -0.2) is 0 Å². The van der Waals surface area contributed by atoms with Gasteiger partial charge in [0, 0.05) is 18.4 Å². The van der Waals surface area contributed by atoms with Crippen molar-refractivity contribution in [2.45, 2.75) is 25.2 Å². The quantitative estimate of drug-likeness (QED) is 0.652. The molecule has 1 atom stereocenters. The van der Waals surface area contributed by atoms with Crippen molar-refractivity contribution in [1.29, 1.82) is 5.26 Å². The number of ether oxygens (including phenoxy) is 1. The number of Topliss-reactive ketones (excluding diaryl/α,β-unsaturated/α-hetero) is 1. The van der Waals surface area contributed by atoms with E-state index in [0.29, 0.717) is 30.6 Å². The van der Waals surface area contributed by atoms with Crippen molar-refractivity contribution in [2.75, 3.05) is 0 Å². The van der Waals surface area contributed by atoms with Gasteiger partial charge < -0.3 is 14.9 Å². The summed E-state index contributed by atoms with van der Waals surface area (Å²) < 4.78 is 10.6. The summed E-state index contributed by atoms with van der Waals surface area (Å²) in [6.07, 6.45) is 1.50. The molecule has 22 heavy (non-hydrogen) atoms. The summed E-state index contributed by atoms with van der Waals surface area (Å²) in [5.74, 6) is -1.02. The van der Waals surface area contributed by atoms with Crippen LogP contribution in [0.25, 0.3) is 0 Å². The molecule has 0 amide bonds. The maximum atomic E-state index is 12.2. The Kier molecular flexibility index (Phi) is 3.18. The molecule has 0 spiro atoms. The second-order valence-electron chi connectivity index (χ2n) is 4.97. The van der Waals surface area contributed by atoms with Crippen LogP contribution >= 0.6 is 0 Å². The van der Waals surface area contributed by atoms with Crippen LogP contribution in [0.15, 0.2) is 39.3 Å². The summed E-state index contributed by atoms with van der Waals surface area (Å²) in [5.41, 5.74) is 6.08. The van der Waals surface area contributed by atoms with E-state index in [1.165, 1.54) is 12.1 Å². The molecular formula is C14H11N3O5. The van der Waals surface area contributed by atoms with Gasteiger partial charge in [-0.1, -0.05) is 0 Å². The fraction of sp³-hybridized carbons (Fsp3) is 0.286.